The monoisotopic (exact) mass is 272 g/mol. The van der Waals surface area contributed by atoms with Gasteiger partial charge in [0.2, 0.25) is 0 Å². The molecule has 20 heavy (non-hydrogen) atoms. The van der Waals surface area contributed by atoms with Crippen molar-refractivity contribution in [2.24, 2.45) is 0 Å². The molecule has 2 aromatic rings. The fourth-order valence-electron chi connectivity index (χ4n) is 2.10. The second-order valence-electron chi connectivity index (χ2n) is 4.66. The van der Waals surface area contributed by atoms with E-state index in [9.17, 15) is 4.79 Å². The van der Waals surface area contributed by atoms with Crippen molar-refractivity contribution >= 4 is 0 Å². The summed E-state index contributed by atoms with van der Waals surface area (Å²) in [6.45, 7) is 5.37. The summed E-state index contributed by atoms with van der Waals surface area (Å²) in [5.74, 6) is 0.800. The van der Waals surface area contributed by atoms with Crippen molar-refractivity contribution in [3.05, 3.63) is 58.0 Å². The SMILES string of the molecule is CCNCc1cn(-c2cccc(OC)c2)c(C)cc1=O. The molecule has 0 saturated heterocycles. The lowest BCUT2D eigenvalue weighted by Gasteiger charge is -2.14. The number of aromatic nitrogens is 1. The highest BCUT2D eigenvalue weighted by Gasteiger charge is 2.06. The smallest absolute Gasteiger partial charge is 0.186 e. The molecule has 0 amide bonds. The molecule has 1 aromatic carbocycles. The van der Waals surface area contributed by atoms with Crippen molar-refractivity contribution in [2.75, 3.05) is 13.7 Å². The van der Waals surface area contributed by atoms with Crippen LogP contribution in [0.1, 0.15) is 18.2 Å². The van der Waals surface area contributed by atoms with Gasteiger partial charge in [0.05, 0.1) is 7.11 Å². The first kappa shape index (κ1) is 14.3. The summed E-state index contributed by atoms with van der Waals surface area (Å²) in [5, 5.41) is 3.19. The van der Waals surface area contributed by atoms with E-state index in [0.717, 1.165) is 29.2 Å². The van der Waals surface area contributed by atoms with Gasteiger partial charge in [0.15, 0.2) is 5.43 Å². The van der Waals surface area contributed by atoms with E-state index >= 15 is 0 Å². The highest BCUT2D eigenvalue weighted by Crippen LogP contribution is 2.17. The van der Waals surface area contributed by atoms with Crippen LogP contribution < -0.4 is 15.5 Å². The van der Waals surface area contributed by atoms with Gasteiger partial charge in [-0.3, -0.25) is 4.79 Å². The van der Waals surface area contributed by atoms with Crippen LogP contribution in [0, 0.1) is 6.92 Å². The molecule has 0 aliphatic rings. The summed E-state index contributed by atoms with van der Waals surface area (Å²) in [4.78, 5) is 12.0. The van der Waals surface area contributed by atoms with E-state index in [2.05, 4.69) is 5.32 Å². The number of rotatable bonds is 5. The molecule has 0 unspecified atom stereocenters. The largest absolute Gasteiger partial charge is 0.497 e. The second-order valence-corrected chi connectivity index (χ2v) is 4.66. The van der Waals surface area contributed by atoms with Crippen LogP contribution in [0.3, 0.4) is 0 Å². The summed E-state index contributed by atoms with van der Waals surface area (Å²) in [6.07, 6.45) is 1.90. The van der Waals surface area contributed by atoms with Crippen LogP contribution in [0.4, 0.5) is 0 Å². The number of aryl methyl sites for hydroxylation is 1. The van der Waals surface area contributed by atoms with Crippen molar-refractivity contribution in [3.8, 4) is 11.4 Å². The normalized spacial score (nSPS) is 10.6. The Hall–Kier alpha value is -2.07. The number of nitrogens with zero attached hydrogens (tertiary/aromatic N) is 1. The lowest BCUT2D eigenvalue weighted by molar-refractivity contribution is 0.414. The average Bonchev–Trinajstić information content (AvgIpc) is 2.46. The van der Waals surface area contributed by atoms with E-state index in [-0.39, 0.29) is 5.43 Å². The van der Waals surface area contributed by atoms with Gasteiger partial charge < -0.3 is 14.6 Å². The van der Waals surface area contributed by atoms with Gasteiger partial charge in [0.25, 0.3) is 0 Å². The van der Waals surface area contributed by atoms with Gasteiger partial charge in [-0.05, 0) is 25.6 Å². The molecular formula is C16H20N2O2. The molecule has 0 atom stereocenters. The number of benzene rings is 1. The highest BCUT2D eigenvalue weighted by molar-refractivity contribution is 5.41. The van der Waals surface area contributed by atoms with E-state index in [1.165, 1.54) is 0 Å². The van der Waals surface area contributed by atoms with Crippen LogP contribution in [0.15, 0.2) is 41.3 Å². The van der Waals surface area contributed by atoms with Crippen LogP contribution in [0.2, 0.25) is 0 Å². The van der Waals surface area contributed by atoms with Gasteiger partial charge >= 0.3 is 0 Å². The average molecular weight is 272 g/mol. The summed E-state index contributed by atoms with van der Waals surface area (Å²) in [6, 6.07) is 9.47. The molecule has 4 nitrogen and oxygen atoms in total. The number of ether oxygens (including phenoxy) is 1. The fourth-order valence-corrected chi connectivity index (χ4v) is 2.10. The third kappa shape index (κ3) is 3.08. The summed E-state index contributed by atoms with van der Waals surface area (Å²) in [5.41, 5.74) is 2.73. The maximum absolute atomic E-state index is 12.0. The first-order valence-electron chi connectivity index (χ1n) is 6.73. The molecule has 0 radical (unpaired) electrons. The lowest BCUT2D eigenvalue weighted by atomic mass is 10.2. The molecule has 2 rings (SSSR count). The minimum Gasteiger partial charge on any atom is -0.497 e. The molecule has 0 aliphatic carbocycles. The maximum atomic E-state index is 12.0. The van der Waals surface area contributed by atoms with Gasteiger partial charge in [-0.25, -0.2) is 0 Å². The van der Waals surface area contributed by atoms with Gasteiger partial charge in [0, 0.05) is 41.8 Å². The molecule has 1 heterocycles. The van der Waals surface area contributed by atoms with E-state index < -0.39 is 0 Å². The summed E-state index contributed by atoms with van der Waals surface area (Å²) >= 11 is 0. The Bertz CT molecular complexity index is 647. The first-order chi connectivity index (χ1) is 9.65. The van der Waals surface area contributed by atoms with Crippen LogP contribution in [-0.2, 0) is 6.54 Å². The van der Waals surface area contributed by atoms with E-state index in [4.69, 9.17) is 4.74 Å². The molecule has 4 heteroatoms. The summed E-state index contributed by atoms with van der Waals surface area (Å²) in [7, 11) is 1.65. The first-order valence-corrected chi connectivity index (χ1v) is 6.73. The zero-order valence-electron chi connectivity index (χ0n) is 12.1. The van der Waals surface area contributed by atoms with Crippen LogP contribution in [-0.4, -0.2) is 18.2 Å². The van der Waals surface area contributed by atoms with Crippen molar-refractivity contribution in [3.63, 3.8) is 0 Å². The van der Waals surface area contributed by atoms with E-state index in [1.807, 2.05) is 48.9 Å². The minimum absolute atomic E-state index is 0.0718. The molecule has 0 spiro atoms. The van der Waals surface area contributed by atoms with Crippen LogP contribution >= 0.6 is 0 Å². The van der Waals surface area contributed by atoms with Crippen LogP contribution in [0.25, 0.3) is 5.69 Å². The summed E-state index contributed by atoms with van der Waals surface area (Å²) < 4.78 is 7.26. The zero-order chi connectivity index (χ0) is 14.5. The van der Waals surface area contributed by atoms with Gasteiger partial charge in [0.1, 0.15) is 5.75 Å². The predicted octanol–water partition coefficient (Wildman–Crippen LogP) is 2.26. The molecule has 106 valence electrons. The zero-order valence-corrected chi connectivity index (χ0v) is 12.1. The third-order valence-electron chi connectivity index (χ3n) is 3.22. The quantitative estimate of drug-likeness (QED) is 0.908. The molecule has 0 fully saturated rings. The lowest BCUT2D eigenvalue weighted by Crippen LogP contribution is -2.21. The molecule has 1 aromatic heterocycles. The molecular weight excluding hydrogens is 252 g/mol. The Morgan fingerprint density at radius 2 is 2.10 bits per heavy atom. The van der Waals surface area contributed by atoms with Gasteiger partial charge in [-0.1, -0.05) is 13.0 Å². The van der Waals surface area contributed by atoms with E-state index in [1.54, 1.807) is 13.2 Å². The minimum atomic E-state index is 0.0718. The molecule has 0 bridgehead atoms. The standard InChI is InChI=1S/C16H20N2O2/c1-4-17-10-13-11-18(12(2)8-16(13)19)14-6-5-7-15(9-14)20-3/h5-9,11,17H,4,10H2,1-3H3. The Morgan fingerprint density at radius 3 is 2.80 bits per heavy atom. The highest BCUT2D eigenvalue weighted by atomic mass is 16.5. The number of pyridine rings is 1. The Morgan fingerprint density at radius 1 is 1.30 bits per heavy atom. The number of methoxy groups -OCH3 is 1. The number of nitrogens with one attached hydrogen (secondary N) is 1. The predicted molar refractivity (Wildman–Crippen MR) is 80.7 cm³/mol. The second kappa shape index (κ2) is 6.39. The Balaban J connectivity index is 2.47. The number of hydrogen-bond acceptors (Lipinski definition) is 3. The Labute approximate surface area is 119 Å². The maximum Gasteiger partial charge on any atom is 0.186 e. The fraction of sp³-hybridized carbons (Fsp3) is 0.312. The Kier molecular flexibility index (Phi) is 4.58. The molecule has 1 N–H and O–H groups in total. The van der Waals surface area contributed by atoms with Crippen molar-refractivity contribution in [1.82, 2.24) is 9.88 Å². The van der Waals surface area contributed by atoms with Crippen molar-refractivity contribution < 1.29 is 4.74 Å². The van der Waals surface area contributed by atoms with Crippen LogP contribution in [0.5, 0.6) is 5.75 Å². The third-order valence-corrected chi connectivity index (χ3v) is 3.22. The topological polar surface area (TPSA) is 43.3 Å². The van der Waals surface area contributed by atoms with Crippen molar-refractivity contribution in [1.29, 1.82) is 0 Å². The molecule has 0 aliphatic heterocycles. The number of hydrogen-bond donors (Lipinski definition) is 1. The van der Waals surface area contributed by atoms with Crippen molar-refractivity contribution in [2.45, 2.75) is 20.4 Å². The van der Waals surface area contributed by atoms with Gasteiger partial charge in [-0.15, -0.1) is 0 Å². The molecule has 0 saturated carbocycles. The van der Waals surface area contributed by atoms with E-state index in [0.29, 0.717) is 6.54 Å². The van der Waals surface area contributed by atoms with Gasteiger partial charge in [-0.2, -0.15) is 0 Å².